The minimum absolute atomic E-state index is 0.149. The Kier molecular flexibility index (Phi) is 3.51. The number of hydrogen-bond donors (Lipinski definition) is 1. The molecule has 1 N–H and O–H groups in total. The van der Waals surface area contributed by atoms with Crippen LogP contribution in [0, 0.1) is 23.0 Å². The molecule has 18 heavy (non-hydrogen) atoms. The van der Waals surface area contributed by atoms with Gasteiger partial charge in [-0.1, -0.05) is 19.3 Å². The van der Waals surface area contributed by atoms with Gasteiger partial charge >= 0.3 is 0 Å². The van der Waals surface area contributed by atoms with Crippen molar-refractivity contribution >= 4 is 5.69 Å². The molecule has 1 saturated carbocycles. The number of nitrogens with zero attached hydrogens (tertiary/aromatic N) is 1. The normalized spacial score (nSPS) is 18.1. The monoisotopic (exact) mass is 250 g/mol. The van der Waals surface area contributed by atoms with Gasteiger partial charge in [0.05, 0.1) is 11.3 Å². The van der Waals surface area contributed by atoms with E-state index in [0.29, 0.717) is 0 Å². The van der Waals surface area contributed by atoms with Crippen LogP contribution in [0.15, 0.2) is 12.1 Å². The molecule has 0 spiro atoms. The first-order valence-corrected chi connectivity index (χ1v) is 6.22. The number of rotatable bonds is 2. The minimum atomic E-state index is -1.07. The Morgan fingerprint density at radius 1 is 1.17 bits per heavy atom. The van der Waals surface area contributed by atoms with Crippen LogP contribution in [0.5, 0.6) is 0 Å². The van der Waals surface area contributed by atoms with Gasteiger partial charge in [-0.2, -0.15) is 5.26 Å². The molecule has 0 radical (unpaired) electrons. The predicted molar refractivity (Wildman–Crippen MR) is 66.2 cm³/mol. The van der Waals surface area contributed by atoms with Gasteiger partial charge in [-0.25, -0.2) is 8.78 Å². The molecule has 0 bridgehead atoms. The van der Waals surface area contributed by atoms with Crippen LogP contribution in [0.3, 0.4) is 0 Å². The summed E-state index contributed by atoms with van der Waals surface area (Å²) in [6.45, 7) is 2.03. The molecule has 0 aromatic heterocycles. The van der Waals surface area contributed by atoms with Crippen LogP contribution in [0.1, 0.15) is 44.6 Å². The zero-order valence-electron chi connectivity index (χ0n) is 10.4. The van der Waals surface area contributed by atoms with Crippen molar-refractivity contribution in [1.82, 2.24) is 0 Å². The van der Waals surface area contributed by atoms with Crippen LogP contribution < -0.4 is 5.32 Å². The summed E-state index contributed by atoms with van der Waals surface area (Å²) < 4.78 is 27.3. The fourth-order valence-electron chi connectivity index (χ4n) is 2.51. The van der Waals surface area contributed by atoms with E-state index >= 15 is 0 Å². The Morgan fingerprint density at radius 2 is 1.83 bits per heavy atom. The molecule has 2 rings (SSSR count). The second-order valence-electron chi connectivity index (χ2n) is 5.15. The van der Waals surface area contributed by atoms with Gasteiger partial charge in [0, 0.05) is 5.54 Å². The molecule has 0 saturated heterocycles. The Morgan fingerprint density at radius 3 is 2.44 bits per heavy atom. The Bertz CT molecular complexity index is 485. The Hall–Kier alpha value is -1.63. The lowest BCUT2D eigenvalue weighted by atomic mass is 9.83. The lowest BCUT2D eigenvalue weighted by molar-refractivity contribution is 0.347. The Labute approximate surface area is 106 Å². The van der Waals surface area contributed by atoms with Crippen molar-refractivity contribution in [2.45, 2.75) is 44.6 Å². The van der Waals surface area contributed by atoms with Crippen molar-refractivity contribution in [2.75, 3.05) is 5.32 Å². The first kappa shape index (κ1) is 12.8. The number of nitrogens with one attached hydrogen (secondary N) is 1. The van der Waals surface area contributed by atoms with Crippen molar-refractivity contribution < 1.29 is 8.78 Å². The second kappa shape index (κ2) is 4.93. The summed E-state index contributed by atoms with van der Waals surface area (Å²) in [7, 11) is 0. The van der Waals surface area contributed by atoms with E-state index in [0.717, 1.165) is 25.7 Å². The molecule has 2 nitrogen and oxygen atoms in total. The molecule has 0 unspecified atom stereocenters. The molecule has 0 heterocycles. The summed E-state index contributed by atoms with van der Waals surface area (Å²) in [5.41, 5.74) is -0.289. The molecular formula is C14H16F2N2. The molecule has 1 aliphatic rings. The minimum Gasteiger partial charge on any atom is -0.377 e. The highest BCUT2D eigenvalue weighted by Gasteiger charge is 2.28. The quantitative estimate of drug-likeness (QED) is 0.862. The number of halogens is 2. The highest BCUT2D eigenvalue weighted by atomic mass is 19.2. The fourth-order valence-corrected chi connectivity index (χ4v) is 2.51. The standard InChI is InChI=1S/C14H16F2N2/c1-14(7-3-2-4-8-14)18-11-6-5-10(9-17)12(15)13(11)16/h5-6,18H,2-4,7-8H2,1H3. The van der Waals surface area contributed by atoms with Crippen LogP contribution in [0.2, 0.25) is 0 Å². The van der Waals surface area contributed by atoms with Gasteiger partial charge in [0.25, 0.3) is 0 Å². The van der Waals surface area contributed by atoms with Crippen molar-refractivity contribution in [3.05, 3.63) is 29.3 Å². The average molecular weight is 250 g/mol. The zero-order chi connectivity index (χ0) is 13.2. The summed E-state index contributed by atoms with van der Waals surface area (Å²) >= 11 is 0. The average Bonchev–Trinajstić information content (AvgIpc) is 2.36. The molecule has 0 aliphatic heterocycles. The second-order valence-corrected chi connectivity index (χ2v) is 5.15. The third kappa shape index (κ3) is 2.45. The lowest BCUT2D eigenvalue weighted by Crippen LogP contribution is -2.37. The first-order chi connectivity index (χ1) is 8.56. The van der Waals surface area contributed by atoms with Crippen LogP contribution in [0.25, 0.3) is 0 Å². The maximum absolute atomic E-state index is 13.8. The maximum atomic E-state index is 13.8. The van der Waals surface area contributed by atoms with Crippen molar-refractivity contribution in [2.24, 2.45) is 0 Å². The third-order valence-electron chi connectivity index (χ3n) is 3.60. The summed E-state index contributed by atoms with van der Waals surface area (Å²) in [5.74, 6) is -2.03. The van der Waals surface area contributed by atoms with E-state index in [1.165, 1.54) is 18.6 Å². The summed E-state index contributed by atoms with van der Waals surface area (Å²) in [5, 5.41) is 11.7. The van der Waals surface area contributed by atoms with E-state index in [9.17, 15) is 8.78 Å². The topological polar surface area (TPSA) is 35.8 Å². The number of hydrogen-bond acceptors (Lipinski definition) is 2. The van der Waals surface area contributed by atoms with Crippen LogP contribution >= 0.6 is 0 Å². The number of benzene rings is 1. The smallest absolute Gasteiger partial charge is 0.183 e. The highest BCUT2D eigenvalue weighted by Crippen LogP contribution is 2.32. The molecule has 1 aromatic carbocycles. The fraction of sp³-hybridized carbons (Fsp3) is 0.500. The van der Waals surface area contributed by atoms with Gasteiger partial charge in [0.2, 0.25) is 0 Å². The van der Waals surface area contributed by atoms with Crippen molar-refractivity contribution in [3.8, 4) is 6.07 Å². The lowest BCUT2D eigenvalue weighted by Gasteiger charge is -2.35. The van der Waals surface area contributed by atoms with E-state index in [1.54, 1.807) is 6.07 Å². The maximum Gasteiger partial charge on any atom is 0.183 e. The summed E-state index contributed by atoms with van der Waals surface area (Å²) in [6.07, 6.45) is 5.30. The largest absolute Gasteiger partial charge is 0.377 e. The number of nitriles is 1. The van der Waals surface area contributed by atoms with Crippen molar-refractivity contribution in [3.63, 3.8) is 0 Å². The van der Waals surface area contributed by atoms with E-state index < -0.39 is 11.6 Å². The summed E-state index contributed by atoms with van der Waals surface area (Å²) in [6, 6.07) is 4.39. The van der Waals surface area contributed by atoms with E-state index in [-0.39, 0.29) is 16.8 Å². The van der Waals surface area contributed by atoms with Crippen LogP contribution in [-0.4, -0.2) is 5.54 Å². The Balaban J connectivity index is 2.24. The van der Waals surface area contributed by atoms with Gasteiger partial charge in [-0.05, 0) is 31.9 Å². The zero-order valence-corrected chi connectivity index (χ0v) is 10.4. The van der Waals surface area contributed by atoms with E-state index in [2.05, 4.69) is 5.32 Å². The van der Waals surface area contributed by atoms with Gasteiger partial charge in [-0.3, -0.25) is 0 Å². The molecule has 0 atom stereocenters. The van der Waals surface area contributed by atoms with Crippen molar-refractivity contribution in [1.29, 1.82) is 5.26 Å². The molecule has 1 fully saturated rings. The summed E-state index contributed by atoms with van der Waals surface area (Å²) in [4.78, 5) is 0. The SMILES string of the molecule is CC1(Nc2ccc(C#N)c(F)c2F)CCCCC1. The molecule has 1 aromatic rings. The molecule has 1 aliphatic carbocycles. The molecule has 96 valence electrons. The highest BCUT2D eigenvalue weighted by molar-refractivity contribution is 5.51. The van der Waals surface area contributed by atoms with E-state index in [1.807, 2.05) is 6.92 Å². The predicted octanol–water partition coefficient (Wildman–Crippen LogP) is 3.97. The molecule has 4 heteroatoms. The van der Waals surface area contributed by atoms with Gasteiger partial charge in [-0.15, -0.1) is 0 Å². The van der Waals surface area contributed by atoms with Gasteiger partial charge in [0.15, 0.2) is 11.6 Å². The number of anilines is 1. The van der Waals surface area contributed by atoms with Gasteiger partial charge in [0.1, 0.15) is 6.07 Å². The third-order valence-corrected chi connectivity index (χ3v) is 3.60. The first-order valence-electron chi connectivity index (χ1n) is 6.22. The van der Waals surface area contributed by atoms with Crippen LogP contribution in [0.4, 0.5) is 14.5 Å². The molecule has 0 amide bonds. The molecular weight excluding hydrogens is 234 g/mol. The van der Waals surface area contributed by atoms with Crippen LogP contribution in [-0.2, 0) is 0 Å². The van der Waals surface area contributed by atoms with E-state index in [4.69, 9.17) is 5.26 Å². The van der Waals surface area contributed by atoms with Gasteiger partial charge < -0.3 is 5.32 Å².